The van der Waals surface area contributed by atoms with Crippen LogP contribution >= 0.6 is 0 Å². The van der Waals surface area contributed by atoms with Gasteiger partial charge < -0.3 is 14.7 Å². The summed E-state index contributed by atoms with van der Waals surface area (Å²) in [6, 6.07) is 0. The molecule has 0 aromatic carbocycles. The molecular weight excluding hydrogens is 334 g/mol. The minimum atomic E-state index is -0.653. The molecule has 2 fully saturated rings. The third kappa shape index (κ3) is 5.58. The average Bonchev–Trinajstić information content (AvgIpc) is 2.67. The molecule has 2 rings (SSSR count). The van der Waals surface area contributed by atoms with Gasteiger partial charge in [0.15, 0.2) is 0 Å². The summed E-state index contributed by atoms with van der Waals surface area (Å²) < 4.78 is 4.93. The zero-order valence-electron chi connectivity index (χ0n) is 15.7. The van der Waals surface area contributed by atoms with Crippen LogP contribution < -0.4 is 0 Å². The van der Waals surface area contributed by atoms with Crippen LogP contribution in [0.3, 0.4) is 0 Å². The molecule has 6 heteroatoms. The molecule has 0 aromatic rings. The molecule has 2 saturated carbocycles. The number of hydrogen-bond acceptors (Lipinski definition) is 4. The van der Waals surface area contributed by atoms with E-state index in [0.29, 0.717) is 18.4 Å². The number of carboxylic acids is 1. The van der Waals surface area contributed by atoms with Crippen molar-refractivity contribution in [2.45, 2.75) is 51.4 Å². The minimum absolute atomic E-state index is 0.0571. The first-order valence-electron chi connectivity index (χ1n) is 9.69. The lowest BCUT2D eigenvalue weighted by Crippen LogP contribution is -2.38. The molecule has 0 radical (unpaired) electrons. The van der Waals surface area contributed by atoms with E-state index < -0.39 is 11.9 Å². The Labute approximate surface area is 155 Å². The number of carbonyl (C=O) groups excluding carboxylic acids is 2. The van der Waals surface area contributed by atoms with Crippen LogP contribution in [0, 0.1) is 23.7 Å². The van der Waals surface area contributed by atoms with E-state index in [0.717, 1.165) is 57.4 Å². The molecule has 2 aliphatic carbocycles. The maximum atomic E-state index is 12.5. The standard InChI is InChI=1S/C20H31NO5/c1-3-18(22)26-13-12-21(2)19(23)16-8-4-14(5-9-16)15-6-10-17(11-7-15)20(24)25/h3,14-17H,1,4-13H2,2H3,(H,24,25). The zero-order valence-corrected chi connectivity index (χ0v) is 15.7. The van der Waals surface area contributed by atoms with Gasteiger partial charge in [0.05, 0.1) is 12.5 Å². The van der Waals surface area contributed by atoms with Crippen molar-refractivity contribution in [3.05, 3.63) is 12.7 Å². The topological polar surface area (TPSA) is 83.9 Å². The Morgan fingerprint density at radius 3 is 1.96 bits per heavy atom. The van der Waals surface area contributed by atoms with E-state index in [1.807, 2.05) is 0 Å². The van der Waals surface area contributed by atoms with Crippen LogP contribution in [0.25, 0.3) is 0 Å². The van der Waals surface area contributed by atoms with Gasteiger partial charge in [-0.05, 0) is 63.2 Å². The van der Waals surface area contributed by atoms with Gasteiger partial charge in [-0.25, -0.2) is 4.79 Å². The number of hydrogen-bond donors (Lipinski definition) is 1. The monoisotopic (exact) mass is 365 g/mol. The maximum absolute atomic E-state index is 12.5. The van der Waals surface area contributed by atoms with Crippen molar-refractivity contribution in [1.29, 1.82) is 0 Å². The summed E-state index contributed by atoms with van der Waals surface area (Å²) in [6.07, 6.45) is 8.64. The van der Waals surface area contributed by atoms with E-state index >= 15 is 0 Å². The SMILES string of the molecule is C=CC(=O)OCCN(C)C(=O)C1CCC(C2CCC(C(=O)O)CC2)CC1. The third-order valence-electron chi connectivity index (χ3n) is 6.12. The van der Waals surface area contributed by atoms with Gasteiger partial charge in [0.2, 0.25) is 5.91 Å². The number of esters is 1. The quantitative estimate of drug-likeness (QED) is 0.554. The van der Waals surface area contributed by atoms with Gasteiger partial charge in [-0.2, -0.15) is 0 Å². The highest BCUT2D eigenvalue weighted by atomic mass is 16.5. The first kappa shape index (κ1) is 20.5. The highest BCUT2D eigenvalue weighted by Gasteiger charge is 2.34. The van der Waals surface area contributed by atoms with E-state index in [-0.39, 0.29) is 24.3 Å². The number of carboxylic acid groups (broad SMARTS) is 1. The van der Waals surface area contributed by atoms with Gasteiger partial charge in [0.25, 0.3) is 0 Å². The van der Waals surface area contributed by atoms with Crippen molar-refractivity contribution in [3.8, 4) is 0 Å². The molecule has 0 unspecified atom stereocenters. The molecule has 0 bridgehead atoms. The fraction of sp³-hybridized carbons (Fsp3) is 0.750. The number of ether oxygens (including phenoxy) is 1. The molecule has 2 aliphatic rings. The summed E-state index contributed by atoms with van der Waals surface area (Å²) >= 11 is 0. The van der Waals surface area contributed by atoms with Crippen molar-refractivity contribution in [3.63, 3.8) is 0 Å². The lowest BCUT2D eigenvalue weighted by molar-refractivity contribution is -0.143. The largest absolute Gasteiger partial charge is 0.481 e. The molecule has 0 aromatic heterocycles. The van der Waals surface area contributed by atoms with Crippen LogP contribution in [-0.4, -0.2) is 48.1 Å². The Balaban J connectivity index is 1.70. The normalized spacial score (nSPS) is 28.8. The van der Waals surface area contributed by atoms with Crippen LogP contribution in [-0.2, 0) is 19.1 Å². The molecule has 0 heterocycles. The average molecular weight is 365 g/mol. The third-order valence-corrected chi connectivity index (χ3v) is 6.12. The van der Waals surface area contributed by atoms with E-state index in [2.05, 4.69) is 6.58 Å². The first-order valence-corrected chi connectivity index (χ1v) is 9.69. The van der Waals surface area contributed by atoms with Crippen LogP contribution in [0.1, 0.15) is 51.4 Å². The van der Waals surface area contributed by atoms with Crippen molar-refractivity contribution < 1.29 is 24.2 Å². The van der Waals surface area contributed by atoms with Gasteiger partial charge in [-0.15, -0.1) is 0 Å². The molecule has 0 spiro atoms. The predicted molar refractivity (Wildman–Crippen MR) is 97.3 cm³/mol. The van der Waals surface area contributed by atoms with Gasteiger partial charge in [-0.3, -0.25) is 9.59 Å². The summed E-state index contributed by atoms with van der Waals surface area (Å²) in [4.78, 5) is 36.3. The summed E-state index contributed by atoms with van der Waals surface area (Å²) in [5.74, 6) is 0.163. The van der Waals surface area contributed by atoms with E-state index in [4.69, 9.17) is 9.84 Å². The summed E-state index contributed by atoms with van der Waals surface area (Å²) in [5.41, 5.74) is 0. The Morgan fingerprint density at radius 1 is 1.00 bits per heavy atom. The second kappa shape index (κ2) is 9.74. The summed E-state index contributed by atoms with van der Waals surface area (Å²) in [6.45, 7) is 3.93. The zero-order chi connectivity index (χ0) is 19.1. The molecule has 26 heavy (non-hydrogen) atoms. The predicted octanol–water partition coefficient (Wildman–Crippen LogP) is 2.87. The smallest absolute Gasteiger partial charge is 0.330 e. The number of carbonyl (C=O) groups is 3. The molecule has 0 saturated heterocycles. The molecule has 1 N–H and O–H groups in total. The van der Waals surface area contributed by atoms with Gasteiger partial charge in [0, 0.05) is 19.0 Å². The second-order valence-electron chi connectivity index (χ2n) is 7.69. The summed E-state index contributed by atoms with van der Waals surface area (Å²) in [7, 11) is 1.75. The number of rotatable bonds is 7. The van der Waals surface area contributed by atoms with Crippen molar-refractivity contribution in [2.24, 2.45) is 23.7 Å². The molecule has 0 aliphatic heterocycles. The Bertz CT molecular complexity index is 516. The van der Waals surface area contributed by atoms with Crippen LogP contribution in [0.2, 0.25) is 0 Å². The van der Waals surface area contributed by atoms with Crippen molar-refractivity contribution >= 4 is 17.8 Å². The molecule has 6 nitrogen and oxygen atoms in total. The van der Waals surface area contributed by atoms with Gasteiger partial charge >= 0.3 is 11.9 Å². The van der Waals surface area contributed by atoms with Gasteiger partial charge in [-0.1, -0.05) is 6.58 Å². The minimum Gasteiger partial charge on any atom is -0.481 e. The highest BCUT2D eigenvalue weighted by molar-refractivity contribution is 5.81. The number of amides is 1. The lowest BCUT2D eigenvalue weighted by atomic mass is 9.69. The Kier molecular flexibility index (Phi) is 7.66. The van der Waals surface area contributed by atoms with E-state index in [1.165, 1.54) is 0 Å². The maximum Gasteiger partial charge on any atom is 0.330 e. The number of aliphatic carboxylic acids is 1. The van der Waals surface area contributed by atoms with Gasteiger partial charge in [0.1, 0.15) is 6.61 Å². The molecule has 146 valence electrons. The van der Waals surface area contributed by atoms with Crippen LogP contribution in [0.4, 0.5) is 0 Å². The molecular formula is C20H31NO5. The van der Waals surface area contributed by atoms with Crippen LogP contribution in [0.5, 0.6) is 0 Å². The fourth-order valence-electron chi connectivity index (χ4n) is 4.44. The Morgan fingerprint density at radius 2 is 1.50 bits per heavy atom. The number of likely N-dealkylation sites (N-methyl/N-ethyl adjacent to an activating group) is 1. The Hall–Kier alpha value is -1.85. The summed E-state index contributed by atoms with van der Waals surface area (Å²) in [5, 5.41) is 9.11. The molecule has 0 atom stereocenters. The van der Waals surface area contributed by atoms with Crippen molar-refractivity contribution in [1.82, 2.24) is 4.90 Å². The van der Waals surface area contributed by atoms with E-state index in [1.54, 1.807) is 11.9 Å². The first-order chi connectivity index (χ1) is 12.4. The lowest BCUT2D eigenvalue weighted by Gasteiger charge is -2.37. The van der Waals surface area contributed by atoms with Crippen molar-refractivity contribution in [2.75, 3.05) is 20.2 Å². The van der Waals surface area contributed by atoms with E-state index in [9.17, 15) is 14.4 Å². The molecule has 1 amide bonds. The number of nitrogens with zero attached hydrogens (tertiary/aromatic N) is 1. The second-order valence-corrected chi connectivity index (χ2v) is 7.69. The fourth-order valence-corrected chi connectivity index (χ4v) is 4.44. The highest BCUT2D eigenvalue weighted by Crippen LogP contribution is 2.41. The van der Waals surface area contributed by atoms with Crippen LogP contribution in [0.15, 0.2) is 12.7 Å².